The van der Waals surface area contributed by atoms with Crippen molar-refractivity contribution in [2.75, 3.05) is 39.3 Å². The molecule has 94 valence electrons. The monoisotopic (exact) mass is 227 g/mol. The van der Waals surface area contributed by atoms with Crippen molar-refractivity contribution in [2.24, 2.45) is 0 Å². The second-order valence-electron chi connectivity index (χ2n) is 5.43. The van der Waals surface area contributed by atoms with Crippen LogP contribution in [0.5, 0.6) is 0 Å². The molecule has 0 aromatic rings. The molecule has 16 heavy (non-hydrogen) atoms. The van der Waals surface area contributed by atoms with E-state index in [0.717, 1.165) is 19.5 Å². The number of hydrogen-bond acceptors (Lipinski definition) is 4. The van der Waals surface area contributed by atoms with Crippen molar-refractivity contribution in [1.29, 1.82) is 0 Å². The summed E-state index contributed by atoms with van der Waals surface area (Å²) in [6.07, 6.45) is 0.798. The lowest BCUT2D eigenvalue weighted by Gasteiger charge is -2.37. The molecule has 2 rings (SSSR count). The van der Waals surface area contributed by atoms with Crippen molar-refractivity contribution in [3.8, 4) is 0 Å². The summed E-state index contributed by atoms with van der Waals surface area (Å²) >= 11 is 0. The molecule has 2 saturated heterocycles. The molecule has 4 heteroatoms. The van der Waals surface area contributed by atoms with Gasteiger partial charge in [-0.3, -0.25) is 9.80 Å². The smallest absolute Gasteiger partial charge is 0.0680 e. The van der Waals surface area contributed by atoms with Crippen LogP contribution in [-0.4, -0.2) is 72.4 Å². The van der Waals surface area contributed by atoms with Crippen LogP contribution in [0.15, 0.2) is 0 Å². The van der Waals surface area contributed by atoms with Crippen LogP contribution in [0.3, 0.4) is 0 Å². The van der Waals surface area contributed by atoms with E-state index in [9.17, 15) is 5.11 Å². The number of rotatable bonds is 3. The summed E-state index contributed by atoms with van der Waals surface area (Å²) in [4.78, 5) is 5.06. The Morgan fingerprint density at radius 1 is 1.25 bits per heavy atom. The summed E-state index contributed by atoms with van der Waals surface area (Å²) in [5.41, 5.74) is 0. The largest absolute Gasteiger partial charge is 0.392 e. The van der Waals surface area contributed by atoms with E-state index in [-0.39, 0.29) is 6.10 Å². The van der Waals surface area contributed by atoms with Crippen LogP contribution in [0.25, 0.3) is 0 Å². The molecule has 0 bridgehead atoms. The van der Waals surface area contributed by atoms with Crippen molar-refractivity contribution < 1.29 is 5.11 Å². The Morgan fingerprint density at radius 2 is 1.94 bits per heavy atom. The summed E-state index contributed by atoms with van der Waals surface area (Å²) < 4.78 is 0. The van der Waals surface area contributed by atoms with Gasteiger partial charge in [0.15, 0.2) is 0 Å². The molecule has 2 atom stereocenters. The summed E-state index contributed by atoms with van der Waals surface area (Å²) in [6.45, 7) is 11.1. The number of nitrogens with zero attached hydrogens (tertiary/aromatic N) is 2. The second kappa shape index (κ2) is 5.45. The maximum Gasteiger partial charge on any atom is 0.0680 e. The van der Waals surface area contributed by atoms with Crippen molar-refractivity contribution >= 4 is 0 Å². The van der Waals surface area contributed by atoms with Crippen LogP contribution in [-0.2, 0) is 0 Å². The fraction of sp³-hybridized carbons (Fsp3) is 1.00. The standard InChI is InChI=1S/C12H25N3O/c1-10(2)15-5-3-14(4-6-15)9-11-7-12(16)8-13-11/h10-13,16H,3-9H2,1-2H3. The topological polar surface area (TPSA) is 38.7 Å². The Balaban J connectivity index is 1.69. The molecule has 0 aromatic heterocycles. The minimum atomic E-state index is -0.123. The molecule has 0 saturated carbocycles. The first kappa shape index (κ1) is 12.3. The van der Waals surface area contributed by atoms with Gasteiger partial charge in [0.1, 0.15) is 0 Å². The van der Waals surface area contributed by atoms with E-state index in [1.807, 2.05) is 0 Å². The third-order valence-electron chi connectivity index (χ3n) is 3.81. The van der Waals surface area contributed by atoms with Crippen molar-refractivity contribution in [3.05, 3.63) is 0 Å². The maximum absolute atomic E-state index is 9.45. The lowest BCUT2D eigenvalue weighted by atomic mass is 10.1. The van der Waals surface area contributed by atoms with Gasteiger partial charge in [0, 0.05) is 51.4 Å². The highest BCUT2D eigenvalue weighted by Gasteiger charge is 2.26. The molecule has 2 aliphatic heterocycles. The van der Waals surface area contributed by atoms with E-state index >= 15 is 0 Å². The molecule has 0 spiro atoms. The van der Waals surface area contributed by atoms with Crippen LogP contribution in [0, 0.1) is 0 Å². The average Bonchev–Trinajstić information content (AvgIpc) is 2.65. The molecule has 2 unspecified atom stereocenters. The van der Waals surface area contributed by atoms with E-state index in [2.05, 4.69) is 29.0 Å². The van der Waals surface area contributed by atoms with Gasteiger partial charge in [-0.25, -0.2) is 0 Å². The second-order valence-corrected chi connectivity index (χ2v) is 5.43. The molecule has 0 aromatic carbocycles. The molecule has 2 heterocycles. The Hall–Kier alpha value is -0.160. The first-order chi connectivity index (χ1) is 7.65. The third kappa shape index (κ3) is 3.17. The number of piperazine rings is 1. The summed E-state index contributed by atoms with van der Waals surface area (Å²) in [6, 6.07) is 1.18. The lowest BCUT2D eigenvalue weighted by molar-refractivity contribution is 0.101. The minimum absolute atomic E-state index is 0.123. The first-order valence-corrected chi connectivity index (χ1v) is 6.53. The van der Waals surface area contributed by atoms with E-state index in [0.29, 0.717) is 12.1 Å². The zero-order chi connectivity index (χ0) is 11.5. The fourth-order valence-corrected chi connectivity index (χ4v) is 2.71. The zero-order valence-corrected chi connectivity index (χ0v) is 10.5. The van der Waals surface area contributed by atoms with Crippen LogP contribution in [0.2, 0.25) is 0 Å². The summed E-state index contributed by atoms with van der Waals surface area (Å²) in [5.74, 6) is 0. The van der Waals surface area contributed by atoms with E-state index in [1.54, 1.807) is 0 Å². The maximum atomic E-state index is 9.45. The van der Waals surface area contributed by atoms with E-state index < -0.39 is 0 Å². The van der Waals surface area contributed by atoms with Crippen LogP contribution >= 0.6 is 0 Å². The van der Waals surface area contributed by atoms with Gasteiger partial charge in [0.05, 0.1) is 6.10 Å². The van der Waals surface area contributed by atoms with Crippen LogP contribution in [0.4, 0.5) is 0 Å². The van der Waals surface area contributed by atoms with E-state index in [1.165, 1.54) is 26.2 Å². The highest BCUT2D eigenvalue weighted by Crippen LogP contribution is 2.11. The lowest BCUT2D eigenvalue weighted by Crippen LogP contribution is -2.51. The van der Waals surface area contributed by atoms with Gasteiger partial charge >= 0.3 is 0 Å². The number of aliphatic hydroxyl groups excluding tert-OH is 1. The number of β-amino-alcohol motifs (C(OH)–C–C–N with tert-alkyl or cyclic N) is 1. The molecule has 0 amide bonds. The van der Waals surface area contributed by atoms with Gasteiger partial charge in [0.2, 0.25) is 0 Å². The van der Waals surface area contributed by atoms with Gasteiger partial charge in [-0.15, -0.1) is 0 Å². The molecule has 0 radical (unpaired) electrons. The number of hydrogen-bond donors (Lipinski definition) is 2. The number of nitrogens with one attached hydrogen (secondary N) is 1. The first-order valence-electron chi connectivity index (χ1n) is 6.53. The van der Waals surface area contributed by atoms with Gasteiger partial charge in [-0.05, 0) is 20.3 Å². The van der Waals surface area contributed by atoms with Gasteiger partial charge in [-0.1, -0.05) is 0 Å². The molecule has 2 fully saturated rings. The predicted octanol–water partition coefficient (Wildman–Crippen LogP) is -0.265. The van der Waals surface area contributed by atoms with Crippen LogP contribution in [0.1, 0.15) is 20.3 Å². The highest BCUT2D eigenvalue weighted by atomic mass is 16.3. The third-order valence-corrected chi connectivity index (χ3v) is 3.81. The minimum Gasteiger partial charge on any atom is -0.392 e. The summed E-state index contributed by atoms with van der Waals surface area (Å²) in [5, 5.41) is 12.8. The fourth-order valence-electron chi connectivity index (χ4n) is 2.71. The highest BCUT2D eigenvalue weighted by molar-refractivity contribution is 4.85. The Morgan fingerprint density at radius 3 is 2.44 bits per heavy atom. The van der Waals surface area contributed by atoms with Gasteiger partial charge in [0.25, 0.3) is 0 Å². The molecule has 2 N–H and O–H groups in total. The van der Waals surface area contributed by atoms with E-state index in [4.69, 9.17) is 0 Å². The molecular weight excluding hydrogens is 202 g/mol. The molecular formula is C12H25N3O. The SMILES string of the molecule is CC(C)N1CCN(CC2CC(O)CN2)CC1. The average molecular weight is 227 g/mol. The van der Waals surface area contributed by atoms with Gasteiger partial charge < -0.3 is 10.4 Å². The van der Waals surface area contributed by atoms with Gasteiger partial charge in [-0.2, -0.15) is 0 Å². The molecule has 4 nitrogen and oxygen atoms in total. The molecule has 2 aliphatic rings. The Kier molecular flexibility index (Phi) is 4.19. The number of aliphatic hydroxyl groups is 1. The quantitative estimate of drug-likeness (QED) is 0.696. The Bertz CT molecular complexity index is 214. The van der Waals surface area contributed by atoms with Crippen molar-refractivity contribution in [1.82, 2.24) is 15.1 Å². The van der Waals surface area contributed by atoms with Crippen molar-refractivity contribution in [3.63, 3.8) is 0 Å². The Labute approximate surface area is 98.6 Å². The van der Waals surface area contributed by atoms with Crippen LogP contribution < -0.4 is 5.32 Å². The molecule has 0 aliphatic carbocycles. The normalized spacial score (nSPS) is 33.8. The predicted molar refractivity (Wildman–Crippen MR) is 65.6 cm³/mol. The van der Waals surface area contributed by atoms with Crippen molar-refractivity contribution in [2.45, 2.75) is 38.5 Å². The summed E-state index contributed by atoms with van der Waals surface area (Å²) in [7, 11) is 0. The zero-order valence-electron chi connectivity index (χ0n) is 10.5.